The monoisotopic (exact) mass is 193 g/mol. The molecular weight excluding hydrogens is 182 g/mol. The molecule has 0 saturated heterocycles. The van der Waals surface area contributed by atoms with Crippen LogP contribution in [0, 0.1) is 6.92 Å². The van der Waals surface area contributed by atoms with E-state index in [1.54, 1.807) is 17.6 Å². The SMILES string of the molecule is Cc1occc1C(N)c1cccs1. The lowest BCUT2D eigenvalue weighted by molar-refractivity contribution is 0.528. The molecule has 2 aromatic rings. The summed E-state index contributed by atoms with van der Waals surface area (Å²) >= 11 is 1.67. The van der Waals surface area contributed by atoms with E-state index in [0.717, 1.165) is 11.3 Å². The van der Waals surface area contributed by atoms with Crippen molar-refractivity contribution < 1.29 is 4.42 Å². The minimum absolute atomic E-state index is 0.0428. The van der Waals surface area contributed by atoms with Crippen molar-refractivity contribution in [3.8, 4) is 0 Å². The number of furan rings is 1. The molecule has 0 fully saturated rings. The lowest BCUT2D eigenvalue weighted by Gasteiger charge is -2.07. The number of rotatable bonds is 2. The molecule has 0 spiro atoms. The van der Waals surface area contributed by atoms with Crippen LogP contribution in [0.4, 0.5) is 0 Å². The van der Waals surface area contributed by atoms with Gasteiger partial charge in [0.15, 0.2) is 0 Å². The first-order chi connectivity index (χ1) is 6.29. The van der Waals surface area contributed by atoms with E-state index in [1.165, 1.54) is 4.88 Å². The molecule has 0 radical (unpaired) electrons. The molecule has 0 aromatic carbocycles. The van der Waals surface area contributed by atoms with Crippen molar-refractivity contribution in [3.05, 3.63) is 46.0 Å². The fraction of sp³-hybridized carbons (Fsp3) is 0.200. The number of nitrogens with two attached hydrogens (primary N) is 1. The molecule has 0 saturated carbocycles. The van der Waals surface area contributed by atoms with Gasteiger partial charge in [-0.05, 0) is 24.4 Å². The van der Waals surface area contributed by atoms with E-state index >= 15 is 0 Å². The van der Waals surface area contributed by atoms with Gasteiger partial charge in [-0.3, -0.25) is 0 Å². The summed E-state index contributed by atoms with van der Waals surface area (Å²) in [5.41, 5.74) is 7.13. The zero-order chi connectivity index (χ0) is 9.26. The molecule has 2 rings (SSSR count). The van der Waals surface area contributed by atoms with Gasteiger partial charge >= 0.3 is 0 Å². The molecule has 1 unspecified atom stereocenters. The summed E-state index contributed by atoms with van der Waals surface area (Å²) in [6.07, 6.45) is 1.68. The Morgan fingerprint density at radius 1 is 1.46 bits per heavy atom. The van der Waals surface area contributed by atoms with Gasteiger partial charge in [-0.15, -0.1) is 11.3 Å². The summed E-state index contributed by atoms with van der Waals surface area (Å²) in [6, 6.07) is 5.94. The Hall–Kier alpha value is -1.06. The second-order valence-electron chi connectivity index (χ2n) is 2.93. The Bertz CT molecular complexity index is 377. The van der Waals surface area contributed by atoms with E-state index in [-0.39, 0.29) is 6.04 Å². The van der Waals surface area contributed by atoms with Crippen molar-refractivity contribution in [2.75, 3.05) is 0 Å². The van der Waals surface area contributed by atoms with Gasteiger partial charge in [0.2, 0.25) is 0 Å². The highest BCUT2D eigenvalue weighted by atomic mass is 32.1. The normalized spacial score (nSPS) is 13.1. The molecule has 0 aliphatic heterocycles. The zero-order valence-corrected chi connectivity index (χ0v) is 8.17. The molecular formula is C10H11NOS. The second kappa shape index (κ2) is 3.36. The average molecular weight is 193 g/mol. The topological polar surface area (TPSA) is 39.2 Å². The smallest absolute Gasteiger partial charge is 0.105 e. The lowest BCUT2D eigenvalue weighted by Crippen LogP contribution is -2.10. The van der Waals surface area contributed by atoms with Crippen molar-refractivity contribution in [3.63, 3.8) is 0 Å². The van der Waals surface area contributed by atoms with Crippen LogP contribution in [0.3, 0.4) is 0 Å². The first kappa shape index (κ1) is 8.53. The predicted molar refractivity (Wildman–Crippen MR) is 53.8 cm³/mol. The van der Waals surface area contributed by atoms with Crippen LogP contribution in [0.15, 0.2) is 34.3 Å². The summed E-state index contributed by atoms with van der Waals surface area (Å²) in [4.78, 5) is 1.17. The quantitative estimate of drug-likeness (QED) is 0.796. The molecule has 1 atom stereocenters. The van der Waals surface area contributed by atoms with Gasteiger partial charge in [-0.25, -0.2) is 0 Å². The van der Waals surface area contributed by atoms with Crippen molar-refractivity contribution in [2.24, 2.45) is 5.73 Å². The lowest BCUT2D eigenvalue weighted by atomic mass is 10.1. The largest absolute Gasteiger partial charge is 0.469 e. The maximum Gasteiger partial charge on any atom is 0.105 e. The Balaban J connectivity index is 2.33. The van der Waals surface area contributed by atoms with Crippen molar-refractivity contribution in [1.82, 2.24) is 0 Å². The van der Waals surface area contributed by atoms with Crippen LogP contribution in [0.2, 0.25) is 0 Å². The molecule has 0 bridgehead atoms. The molecule has 0 aliphatic carbocycles. The van der Waals surface area contributed by atoms with Crippen LogP contribution in [0.25, 0.3) is 0 Å². The van der Waals surface area contributed by atoms with Crippen molar-refractivity contribution in [1.29, 1.82) is 0 Å². The van der Waals surface area contributed by atoms with Crippen LogP contribution in [0.1, 0.15) is 22.2 Å². The highest BCUT2D eigenvalue weighted by Crippen LogP contribution is 2.26. The van der Waals surface area contributed by atoms with Gasteiger partial charge in [-0.2, -0.15) is 0 Å². The third-order valence-corrected chi connectivity index (χ3v) is 3.04. The zero-order valence-electron chi connectivity index (χ0n) is 7.36. The fourth-order valence-electron chi connectivity index (χ4n) is 1.34. The predicted octanol–water partition coefficient (Wildman–Crippen LogP) is 2.70. The van der Waals surface area contributed by atoms with E-state index in [0.29, 0.717) is 0 Å². The van der Waals surface area contributed by atoms with Crippen LogP contribution in [-0.2, 0) is 0 Å². The Labute approximate surface area is 81.0 Å². The number of hydrogen-bond acceptors (Lipinski definition) is 3. The summed E-state index contributed by atoms with van der Waals surface area (Å²) in [6.45, 7) is 1.93. The molecule has 0 amide bonds. The summed E-state index contributed by atoms with van der Waals surface area (Å²) in [7, 11) is 0. The van der Waals surface area contributed by atoms with E-state index < -0.39 is 0 Å². The molecule has 0 aliphatic rings. The summed E-state index contributed by atoms with van der Waals surface area (Å²) < 4.78 is 5.21. The number of thiophene rings is 1. The maximum absolute atomic E-state index is 6.06. The van der Waals surface area contributed by atoms with Crippen molar-refractivity contribution in [2.45, 2.75) is 13.0 Å². The summed E-state index contributed by atoms with van der Waals surface area (Å²) in [5.74, 6) is 0.904. The molecule has 2 N–H and O–H groups in total. The third kappa shape index (κ3) is 1.53. The van der Waals surface area contributed by atoms with Gasteiger partial charge in [0.25, 0.3) is 0 Å². The van der Waals surface area contributed by atoms with Gasteiger partial charge in [0, 0.05) is 10.4 Å². The van der Waals surface area contributed by atoms with Crippen LogP contribution in [-0.4, -0.2) is 0 Å². The van der Waals surface area contributed by atoms with E-state index in [9.17, 15) is 0 Å². The molecule has 3 heteroatoms. The standard InChI is InChI=1S/C10H11NOS/c1-7-8(4-5-12-7)10(11)9-3-2-6-13-9/h2-6,10H,11H2,1H3. The van der Waals surface area contributed by atoms with Gasteiger partial charge in [-0.1, -0.05) is 6.07 Å². The van der Waals surface area contributed by atoms with Gasteiger partial charge < -0.3 is 10.2 Å². The van der Waals surface area contributed by atoms with Crippen molar-refractivity contribution >= 4 is 11.3 Å². The minimum atomic E-state index is -0.0428. The fourth-order valence-corrected chi connectivity index (χ4v) is 2.08. The molecule has 2 aromatic heterocycles. The second-order valence-corrected chi connectivity index (χ2v) is 3.90. The number of hydrogen-bond donors (Lipinski definition) is 1. The number of aryl methyl sites for hydroxylation is 1. The first-order valence-corrected chi connectivity index (χ1v) is 5.00. The highest BCUT2D eigenvalue weighted by Gasteiger charge is 2.13. The Morgan fingerprint density at radius 3 is 2.85 bits per heavy atom. The third-order valence-electron chi connectivity index (χ3n) is 2.08. The summed E-state index contributed by atoms with van der Waals surface area (Å²) in [5, 5.41) is 2.03. The van der Waals surface area contributed by atoms with Gasteiger partial charge in [0.05, 0.1) is 12.3 Å². The Kier molecular flexibility index (Phi) is 2.20. The average Bonchev–Trinajstić information content (AvgIpc) is 2.72. The van der Waals surface area contributed by atoms with Crippen LogP contribution >= 0.6 is 11.3 Å². The minimum Gasteiger partial charge on any atom is -0.469 e. The first-order valence-electron chi connectivity index (χ1n) is 4.12. The van der Waals surface area contributed by atoms with E-state index in [1.807, 2.05) is 30.5 Å². The molecule has 2 heterocycles. The van der Waals surface area contributed by atoms with Crippen LogP contribution in [0.5, 0.6) is 0 Å². The van der Waals surface area contributed by atoms with E-state index in [4.69, 9.17) is 10.2 Å². The molecule has 2 nitrogen and oxygen atoms in total. The van der Waals surface area contributed by atoms with Crippen LogP contribution < -0.4 is 5.73 Å². The van der Waals surface area contributed by atoms with E-state index in [2.05, 4.69) is 0 Å². The molecule has 13 heavy (non-hydrogen) atoms. The van der Waals surface area contributed by atoms with Gasteiger partial charge in [0.1, 0.15) is 5.76 Å². The highest BCUT2D eigenvalue weighted by molar-refractivity contribution is 7.10. The molecule has 68 valence electrons. The Morgan fingerprint density at radius 2 is 2.31 bits per heavy atom. The maximum atomic E-state index is 6.06.